The Hall–Kier alpha value is -7.79. The second-order valence-corrected chi connectivity index (χ2v) is 34.5. The Balaban J connectivity index is 0.000000257. The van der Waals surface area contributed by atoms with Crippen LogP contribution in [0.15, 0.2) is 161 Å². The third-order valence-electron chi connectivity index (χ3n) is 17.9. The molecule has 1 aromatic heterocycles. The Kier molecular flexibility index (Phi) is 26.2. The van der Waals surface area contributed by atoms with Crippen LogP contribution < -0.4 is 43.4 Å². The van der Waals surface area contributed by atoms with Gasteiger partial charge in [0, 0.05) is 42.9 Å². The number of thiazole rings is 1. The number of aromatic nitrogens is 1. The number of fused-ring (bicyclic) bond motifs is 1. The lowest BCUT2D eigenvalue weighted by Gasteiger charge is -2.34. The van der Waals surface area contributed by atoms with Crippen molar-refractivity contribution in [1.82, 2.24) is 45.5 Å². The SMILES string of the molecule is CC(C)CN(C[C@@H](O)[C@H](Cc1ccccc1)NC(=O)[C@@H](NC(=O)CNC1(c2cccc(F)c2)CC1)C(C)(C)C)S(=O)(=O)c1ccc(N)cc1.CC(C)CN(C[C@@H](O)[C@H](Cc1ccccc1)NC(=O)[C@@H](NC(=O)CNC1(c2cccc(F)c2)CC1)C(C)(C)C)S(=O)(=O)c1ccc2nc(N)sc2c1. The van der Waals surface area contributed by atoms with Crippen molar-refractivity contribution in [3.8, 4) is 0 Å². The van der Waals surface area contributed by atoms with E-state index in [4.69, 9.17) is 11.5 Å². The quantitative estimate of drug-likeness (QED) is 0.0177. The molecule has 26 heteroatoms. The minimum atomic E-state index is -4.09. The van der Waals surface area contributed by atoms with Crippen molar-refractivity contribution >= 4 is 76.0 Å². The Morgan fingerprint density at radius 2 is 0.931 bits per heavy atom. The predicted molar refractivity (Wildman–Crippen MR) is 392 cm³/mol. The lowest BCUT2D eigenvalue weighted by molar-refractivity contribution is -0.132. The van der Waals surface area contributed by atoms with E-state index in [1.54, 1.807) is 18.2 Å². The van der Waals surface area contributed by atoms with Gasteiger partial charge in [-0.25, -0.2) is 30.6 Å². The first-order chi connectivity index (χ1) is 47.5. The zero-order valence-corrected chi connectivity index (χ0v) is 61.6. The van der Waals surface area contributed by atoms with Crippen molar-refractivity contribution in [2.24, 2.45) is 22.7 Å². The van der Waals surface area contributed by atoms with E-state index in [1.807, 2.05) is 142 Å². The number of nitrogens with two attached hydrogens (primary N) is 2. The number of nitrogens with zero attached hydrogens (tertiary/aromatic N) is 3. The van der Waals surface area contributed by atoms with E-state index >= 15 is 0 Å². The lowest BCUT2D eigenvalue weighted by Crippen LogP contribution is -2.59. The van der Waals surface area contributed by atoms with Gasteiger partial charge in [0.1, 0.15) is 23.7 Å². The van der Waals surface area contributed by atoms with Gasteiger partial charge < -0.3 is 42.9 Å². The highest BCUT2D eigenvalue weighted by Crippen LogP contribution is 2.46. The summed E-state index contributed by atoms with van der Waals surface area (Å²) in [7, 11) is -8.10. The molecule has 12 N–H and O–H groups in total. The second-order valence-electron chi connectivity index (χ2n) is 29.6. The van der Waals surface area contributed by atoms with Crippen LogP contribution in [0.25, 0.3) is 10.2 Å². The highest BCUT2D eigenvalue weighted by atomic mass is 32.2. The summed E-state index contributed by atoms with van der Waals surface area (Å²) in [5, 5.41) is 41.9. The molecule has 2 saturated carbocycles. The molecule has 6 atom stereocenters. The molecule has 101 heavy (non-hydrogen) atoms. The maximum Gasteiger partial charge on any atom is 0.243 e. The van der Waals surface area contributed by atoms with Crippen LogP contribution in [0.3, 0.4) is 0 Å². The highest BCUT2D eigenvalue weighted by molar-refractivity contribution is 7.89. The molecule has 2 fully saturated rings. The fourth-order valence-electron chi connectivity index (χ4n) is 12.1. The number of benzene rings is 6. The van der Waals surface area contributed by atoms with Crippen LogP contribution in [0, 0.1) is 34.3 Å². The van der Waals surface area contributed by atoms with Gasteiger partial charge in [0.05, 0.1) is 57.4 Å². The summed E-state index contributed by atoms with van der Waals surface area (Å²) in [6.45, 7) is 18.0. The molecule has 2 aliphatic rings. The fraction of sp³-hybridized carbons (Fsp3) is 0.453. The van der Waals surface area contributed by atoms with Crippen LogP contribution in [0.1, 0.15) is 117 Å². The second kappa shape index (κ2) is 33.6. The first-order valence-electron chi connectivity index (χ1n) is 34.1. The van der Waals surface area contributed by atoms with E-state index in [0.717, 1.165) is 47.9 Å². The van der Waals surface area contributed by atoms with Crippen LogP contribution >= 0.6 is 11.3 Å². The van der Waals surface area contributed by atoms with Gasteiger partial charge in [-0.15, -0.1) is 0 Å². The molecule has 0 radical (unpaired) electrons. The first-order valence-corrected chi connectivity index (χ1v) is 37.8. The van der Waals surface area contributed by atoms with Gasteiger partial charge in [-0.2, -0.15) is 8.61 Å². The average molecular weight is 1450 g/mol. The molecule has 546 valence electrons. The van der Waals surface area contributed by atoms with Gasteiger partial charge in [0.15, 0.2) is 5.13 Å². The van der Waals surface area contributed by atoms with Crippen LogP contribution in [0.2, 0.25) is 0 Å². The Bertz CT molecular complexity index is 4190. The molecule has 0 saturated heterocycles. The van der Waals surface area contributed by atoms with Crippen molar-refractivity contribution in [2.75, 3.05) is 50.7 Å². The number of rotatable bonds is 32. The predicted octanol–water partition coefficient (Wildman–Crippen LogP) is 8.52. The normalized spacial score (nSPS) is 16.1. The number of hydrogen-bond donors (Lipinski definition) is 10. The molecule has 9 rings (SSSR count). The van der Waals surface area contributed by atoms with Gasteiger partial charge in [0.2, 0.25) is 43.7 Å². The number of nitrogens with one attached hydrogen (secondary N) is 6. The highest BCUT2D eigenvalue weighted by Gasteiger charge is 2.47. The zero-order valence-electron chi connectivity index (χ0n) is 59.2. The molecule has 0 aliphatic heterocycles. The Labute approximate surface area is 597 Å². The number of amides is 4. The molecule has 21 nitrogen and oxygen atoms in total. The molecule has 0 bridgehead atoms. The Morgan fingerprint density at radius 1 is 0.535 bits per heavy atom. The summed E-state index contributed by atoms with van der Waals surface area (Å²) in [6, 6.07) is 37.9. The summed E-state index contributed by atoms with van der Waals surface area (Å²) < 4.78 is 86.5. The number of nitrogen functional groups attached to an aromatic ring is 2. The van der Waals surface area contributed by atoms with Crippen LogP contribution in [-0.2, 0) is 63.1 Å². The third-order valence-corrected chi connectivity index (χ3v) is 22.4. The van der Waals surface area contributed by atoms with Crippen molar-refractivity contribution in [3.05, 3.63) is 186 Å². The maximum absolute atomic E-state index is 14.1. The van der Waals surface area contributed by atoms with Crippen LogP contribution in [-0.4, -0.2) is 140 Å². The monoisotopic (exact) mass is 1450 g/mol. The topological polar surface area (TPSA) is 321 Å². The van der Waals surface area contributed by atoms with Gasteiger partial charge in [-0.3, -0.25) is 29.8 Å². The van der Waals surface area contributed by atoms with E-state index in [2.05, 4.69) is 36.9 Å². The summed E-state index contributed by atoms with van der Waals surface area (Å²) >= 11 is 1.19. The number of anilines is 2. The van der Waals surface area contributed by atoms with Crippen molar-refractivity contribution in [3.63, 3.8) is 0 Å². The van der Waals surface area contributed by atoms with Gasteiger partial charge in [0.25, 0.3) is 0 Å². The number of hydrogen-bond acceptors (Lipinski definition) is 16. The molecule has 7 aromatic rings. The van der Waals surface area contributed by atoms with E-state index < -0.39 is 102 Å². The van der Waals surface area contributed by atoms with Crippen molar-refractivity contribution in [1.29, 1.82) is 0 Å². The Morgan fingerprint density at radius 3 is 1.31 bits per heavy atom. The largest absolute Gasteiger partial charge is 0.399 e. The zero-order chi connectivity index (χ0) is 73.8. The van der Waals surface area contributed by atoms with Crippen LogP contribution in [0.4, 0.5) is 19.6 Å². The third kappa shape index (κ3) is 21.9. The summed E-state index contributed by atoms with van der Waals surface area (Å²) in [6.07, 6.45) is 0.825. The van der Waals surface area contributed by atoms with Gasteiger partial charge in [-0.05, 0) is 150 Å². The van der Waals surface area contributed by atoms with E-state index in [9.17, 15) is 55.0 Å². The minimum Gasteiger partial charge on any atom is -0.399 e. The van der Waals surface area contributed by atoms with E-state index in [1.165, 1.54) is 80.6 Å². The summed E-state index contributed by atoms with van der Waals surface area (Å²) in [4.78, 5) is 58.9. The number of carbonyl (C=O) groups is 4. The fourth-order valence-corrected chi connectivity index (χ4v) is 16.2. The average Bonchev–Trinajstić information content (AvgIpc) is 0.875. The first kappa shape index (κ1) is 78.9. The molecule has 2 aliphatic carbocycles. The number of sulfonamides is 2. The number of halogens is 2. The molecule has 1 heterocycles. The lowest BCUT2D eigenvalue weighted by atomic mass is 9.85. The molecule has 0 unspecified atom stereocenters. The number of aliphatic hydroxyl groups excluding tert-OH is 2. The maximum atomic E-state index is 14.1. The molecule has 4 amide bonds. The summed E-state index contributed by atoms with van der Waals surface area (Å²) in [5.41, 5.74) is 13.4. The minimum absolute atomic E-state index is 0.0488. The molecular formula is C75H99F2N11O10S3. The molecule has 6 aromatic carbocycles. The van der Waals surface area contributed by atoms with E-state index in [0.29, 0.717) is 21.0 Å². The number of carbonyl (C=O) groups excluding carboxylic acids is 4. The summed E-state index contributed by atoms with van der Waals surface area (Å²) in [5.74, 6) is -2.66. The van der Waals surface area contributed by atoms with Crippen LogP contribution in [0.5, 0.6) is 0 Å². The smallest absolute Gasteiger partial charge is 0.243 e. The standard InChI is InChI=1S/C38H49FN6O5S2.C37H50FN5O5S/c1-24(2)22-45(52(49,50)28-14-15-29-32(20-28)51-36(40)43-29)23-31(46)30(18-25-10-7-6-8-11-25)42-35(48)34(37(3,4)5)44-33(47)21-41-38(16-17-38)26-12-9-13-27(39)19-26;1-25(2)23-43(49(47,48)30-16-14-29(39)15-17-30)24-32(44)31(20-26-10-7-6-8-11-26)41-35(46)34(36(3,4)5)42-33(45)22-40-37(18-19-37)27-12-9-13-28(38)21-27/h6-15,19-20,24,30-31,34,41,46H,16-18,21-23H2,1-5H3,(H2,40,43)(H,42,48)(H,44,47);6-17,21,25,31-32,34,40,44H,18-20,22-24,39H2,1-5H3,(H,41,46)(H,42,45)/t30-,31+,34+;31-,32+,34+/m00/s1. The molecular weight excluding hydrogens is 1350 g/mol. The van der Waals surface area contributed by atoms with Crippen molar-refractivity contribution in [2.45, 2.75) is 165 Å². The van der Waals surface area contributed by atoms with Gasteiger partial charge in [-0.1, -0.05) is 166 Å². The van der Waals surface area contributed by atoms with Crippen molar-refractivity contribution < 1.29 is 55.0 Å². The van der Waals surface area contributed by atoms with Gasteiger partial charge >= 0.3 is 0 Å². The van der Waals surface area contributed by atoms with E-state index in [-0.39, 0.29) is 85.4 Å². The molecule has 0 spiro atoms. The number of aliphatic hydroxyl groups is 2.